The van der Waals surface area contributed by atoms with Crippen molar-refractivity contribution in [2.24, 2.45) is 4.99 Å². The van der Waals surface area contributed by atoms with E-state index in [4.69, 9.17) is 21.3 Å². The van der Waals surface area contributed by atoms with Crippen LogP contribution in [0.25, 0.3) is 11.3 Å². The third-order valence-electron chi connectivity index (χ3n) is 6.22. The minimum absolute atomic E-state index is 0.154. The Balaban J connectivity index is 1.59. The van der Waals surface area contributed by atoms with Crippen LogP contribution in [-0.4, -0.2) is 42.6 Å². The number of morpholine rings is 1. The zero-order valence-electron chi connectivity index (χ0n) is 20.6. The third-order valence-corrected chi connectivity index (χ3v) is 9.28. The summed E-state index contributed by atoms with van der Waals surface area (Å²) in [5.74, 6) is 0. The lowest BCUT2D eigenvalue weighted by atomic mass is 10.1. The highest BCUT2D eigenvalue weighted by molar-refractivity contribution is 7.89. The van der Waals surface area contributed by atoms with Gasteiger partial charge in [0.15, 0.2) is 4.80 Å². The van der Waals surface area contributed by atoms with Gasteiger partial charge < -0.3 is 9.30 Å². The van der Waals surface area contributed by atoms with Crippen molar-refractivity contribution in [3.05, 3.63) is 99.6 Å². The first-order chi connectivity index (χ1) is 17.8. The SMILES string of the molecule is CC1CN(S(=O)(=O)c2cccc(-c3csc(=Nc4ccccc4)n3Cc3ccccc3Cl)c2)CC(C)O1. The van der Waals surface area contributed by atoms with Crippen molar-refractivity contribution >= 4 is 38.6 Å². The molecule has 1 saturated heterocycles. The predicted molar refractivity (Wildman–Crippen MR) is 149 cm³/mol. The van der Waals surface area contributed by atoms with Crippen molar-refractivity contribution in [1.82, 2.24) is 8.87 Å². The van der Waals surface area contributed by atoms with Crippen molar-refractivity contribution in [3.8, 4) is 11.3 Å². The number of thiazole rings is 1. The van der Waals surface area contributed by atoms with Gasteiger partial charge >= 0.3 is 0 Å². The van der Waals surface area contributed by atoms with Crippen LogP contribution < -0.4 is 4.80 Å². The third kappa shape index (κ3) is 5.73. The van der Waals surface area contributed by atoms with E-state index in [1.54, 1.807) is 18.2 Å². The van der Waals surface area contributed by atoms with Crippen molar-refractivity contribution in [2.75, 3.05) is 13.1 Å². The Hall–Kier alpha value is -2.75. The number of hydrogen-bond donors (Lipinski definition) is 0. The summed E-state index contributed by atoms with van der Waals surface area (Å²) in [6.07, 6.45) is -0.308. The van der Waals surface area contributed by atoms with Gasteiger partial charge in [0.2, 0.25) is 10.0 Å². The second kappa shape index (κ2) is 10.9. The summed E-state index contributed by atoms with van der Waals surface area (Å²) in [4.78, 5) is 5.94. The molecule has 0 amide bonds. The fraction of sp³-hybridized carbons (Fsp3) is 0.250. The van der Waals surface area contributed by atoms with E-state index in [1.807, 2.05) is 79.9 Å². The summed E-state index contributed by atoms with van der Waals surface area (Å²) in [5, 5.41) is 2.69. The molecule has 5 rings (SSSR count). The molecule has 2 atom stereocenters. The number of para-hydroxylation sites is 1. The Morgan fingerprint density at radius 2 is 1.68 bits per heavy atom. The molecule has 4 aromatic rings. The zero-order valence-corrected chi connectivity index (χ0v) is 23.0. The molecule has 0 saturated carbocycles. The van der Waals surface area contributed by atoms with Crippen LogP contribution in [0.15, 0.2) is 94.1 Å². The molecule has 1 aliphatic heterocycles. The molecule has 2 heterocycles. The summed E-state index contributed by atoms with van der Waals surface area (Å²) in [6, 6.07) is 24.6. The quantitative estimate of drug-likeness (QED) is 0.296. The van der Waals surface area contributed by atoms with Crippen molar-refractivity contribution in [1.29, 1.82) is 0 Å². The molecule has 6 nitrogen and oxygen atoms in total. The first-order valence-electron chi connectivity index (χ1n) is 12.1. The summed E-state index contributed by atoms with van der Waals surface area (Å²) in [7, 11) is -3.68. The average Bonchev–Trinajstić information content (AvgIpc) is 3.27. The molecule has 3 aromatic carbocycles. The van der Waals surface area contributed by atoms with Crippen LogP contribution in [0.2, 0.25) is 5.02 Å². The van der Waals surface area contributed by atoms with Gasteiger partial charge in [0, 0.05) is 29.1 Å². The Morgan fingerprint density at radius 3 is 2.41 bits per heavy atom. The second-order valence-corrected chi connectivity index (χ2v) is 12.3. The number of aromatic nitrogens is 1. The van der Waals surface area contributed by atoms with E-state index in [-0.39, 0.29) is 17.1 Å². The molecule has 0 aliphatic carbocycles. The Labute approximate surface area is 226 Å². The first-order valence-corrected chi connectivity index (χ1v) is 14.8. The molecule has 0 N–H and O–H groups in total. The molecular formula is C28H28ClN3O3S2. The van der Waals surface area contributed by atoms with E-state index >= 15 is 0 Å². The van der Waals surface area contributed by atoms with E-state index in [1.165, 1.54) is 15.6 Å². The molecule has 1 fully saturated rings. The molecule has 37 heavy (non-hydrogen) atoms. The van der Waals surface area contributed by atoms with Crippen LogP contribution in [0.4, 0.5) is 5.69 Å². The fourth-order valence-electron chi connectivity index (χ4n) is 4.50. The van der Waals surface area contributed by atoms with Crippen molar-refractivity contribution in [2.45, 2.75) is 37.5 Å². The first kappa shape index (κ1) is 25.9. The predicted octanol–water partition coefficient (Wildman–Crippen LogP) is 5.95. The summed E-state index contributed by atoms with van der Waals surface area (Å²) in [5.41, 5.74) is 3.47. The largest absolute Gasteiger partial charge is 0.373 e. The van der Waals surface area contributed by atoms with E-state index < -0.39 is 10.0 Å². The van der Waals surface area contributed by atoms with Gasteiger partial charge in [0.1, 0.15) is 0 Å². The van der Waals surface area contributed by atoms with Gasteiger partial charge in [-0.15, -0.1) is 11.3 Å². The highest BCUT2D eigenvalue weighted by Crippen LogP contribution is 2.28. The lowest BCUT2D eigenvalue weighted by Crippen LogP contribution is -2.48. The van der Waals surface area contributed by atoms with Gasteiger partial charge in [0.05, 0.1) is 35.0 Å². The van der Waals surface area contributed by atoms with Crippen LogP contribution in [0, 0.1) is 0 Å². The maximum atomic E-state index is 13.6. The average molecular weight is 554 g/mol. The molecule has 0 bridgehead atoms. The lowest BCUT2D eigenvalue weighted by Gasteiger charge is -2.34. The summed E-state index contributed by atoms with van der Waals surface area (Å²) >= 11 is 8.02. The number of benzene rings is 3. The van der Waals surface area contributed by atoms with E-state index in [9.17, 15) is 8.42 Å². The van der Waals surface area contributed by atoms with Crippen LogP contribution in [0.3, 0.4) is 0 Å². The van der Waals surface area contributed by atoms with Gasteiger partial charge in [-0.05, 0) is 49.7 Å². The molecule has 192 valence electrons. The van der Waals surface area contributed by atoms with Gasteiger partial charge in [-0.1, -0.05) is 60.1 Å². The highest BCUT2D eigenvalue weighted by Gasteiger charge is 2.32. The minimum Gasteiger partial charge on any atom is -0.373 e. The van der Waals surface area contributed by atoms with Crippen LogP contribution in [0.1, 0.15) is 19.4 Å². The maximum absolute atomic E-state index is 13.6. The highest BCUT2D eigenvalue weighted by atomic mass is 35.5. The monoisotopic (exact) mass is 553 g/mol. The molecule has 0 radical (unpaired) electrons. The minimum atomic E-state index is -3.68. The number of halogens is 1. The van der Waals surface area contributed by atoms with Gasteiger partial charge in [-0.2, -0.15) is 4.31 Å². The Morgan fingerprint density at radius 1 is 0.973 bits per heavy atom. The van der Waals surface area contributed by atoms with Crippen LogP contribution >= 0.6 is 22.9 Å². The maximum Gasteiger partial charge on any atom is 0.243 e. The van der Waals surface area contributed by atoms with Crippen molar-refractivity contribution < 1.29 is 13.2 Å². The van der Waals surface area contributed by atoms with E-state index in [0.29, 0.717) is 24.7 Å². The molecule has 1 aromatic heterocycles. The molecule has 1 aliphatic rings. The van der Waals surface area contributed by atoms with E-state index in [0.717, 1.165) is 27.3 Å². The van der Waals surface area contributed by atoms with Gasteiger partial charge in [0.25, 0.3) is 0 Å². The van der Waals surface area contributed by atoms with Crippen LogP contribution in [-0.2, 0) is 21.3 Å². The molecular weight excluding hydrogens is 526 g/mol. The van der Waals surface area contributed by atoms with Crippen molar-refractivity contribution in [3.63, 3.8) is 0 Å². The number of hydrogen-bond acceptors (Lipinski definition) is 5. The molecule has 0 spiro atoms. The zero-order chi connectivity index (χ0) is 26.0. The number of ether oxygens (including phenoxy) is 1. The smallest absolute Gasteiger partial charge is 0.243 e. The molecule has 2 unspecified atom stereocenters. The second-order valence-electron chi connectivity index (χ2n) is 9.14. The number of nitrogens with zero attached hydrogens (tertiary/aromatic N) is 3. The number of rotatable bonds is 6. The van der Waals surface area contributed by atoms with Gasteiger partial charge in [-0.25, -0.2) is 13.4 Å². The van der Waals surface area contributed by atoms with Gasteiger partial charge in [-0.3, -0.25) is 0 Å². The summed E-state index contributed by atoms with van der Waals surface area (Å²) in [6.45, 7) is 4.97. The number of sulfonamides is 1. The topological polar surface area (TPSA) is 63.9 Å². The normalized spacial score (nSPS) is 19.3. The fourth-order valence-corrected chi connectivity index (χ4v) is 7.27. The Bertz CT molecular complexity index is 1550. The standard InChI is InChI=1S/C28H28ClN3O3S2/c1-20-16-31(17-21(2)35-20)37(33,34)25-13-8-10-22(15-25)27-19-36-28(30-24-11-4-3-5-12-24)32(27)18-23-9-6-7-14-26(23)29/h3-15,19-21H,16-18H2,1-2H3. The Kier molecular flexibility index (Phi) is 7.65. The van der Waals surface area contributed by atoms with Crippen LogP contribution in [0.5, 0.6) is 0 Å². The lowest BCUT2D eigenvalue weighted by molar-refractivity contribution is -0.0440. The molecule has 9 heteroatoms. The summed E-state index contributed by atoms with van der Waals surface area (Å²) < 4.78 is 36.5. The van der Waals surface area contributed by atoms with E-state index in [2.05, 4.69) is 4.57 Å².